The minimum absolute atomic E-state index is 0.337. The minimum Gasteiger partial charge on any atom is -0.240 e. The van der Waals surface area contributed by atoms with Crippen LogP contribution in [0.3, 0.4) is 0 Å². The second-order valence-electron chi connectivity index (χ2n) is 5.10. The summed E-state index contributed by atoms with van der Waals surface area (Å²) in [5.74, 6) is 0.851. The summed E-state index contributed by atoms with van der Waals surface area (Å²) in [6, 6.07) is 0. The molecule has 0 radical (unpaired) electrons. The Morgan fingerprint density at radius 3 is 1.92 bits per heavy atom. The van der Waals surface area contributed by atoms with Crippen LogP contribution in [0.15, 0.2) is 0 Å². The van der Waals surface area contributed by atoms with Crippen molar-refractivity contribution in [3.63, 3.8) is 0 Å². The molecule has 0 N–H and O–H groups in total. The van der Waals surface area contributed by atoms with E-state index in [1.165, 1.54) is 12.8 Å². The van der Waals surface area contributed by atoms with Crippen molar-refractivity contribution < 1.29 is 9.78 Å². The maximum atomic E-state index is 5.14. The molecule has 1 fully saturated rings. The molecule has 0 saturated heterocycles. The third kappa shape index (κ3) is 3.28. The van der Waals surface area contributed by atoms with Crippen molar-refractivity contribution in [3.8, 4) is 0 Å². The van der Waals surface area contributed by atoms with Gasteiger partial charge in [0, 0.05) is 0 Å². The van der Waals surface area contributed by atoms with Gasteiger partial charge in [-0.25, -0.2) is 9.78 Å². The van der Waals surface area contributed by atoms with Gasteiger partial charge in [-0.3, -0.25) is 0 Å². The Morgan fingerprint density at radius 2 is 1.54 bits per heavy atom. The van der Waals surface area contributed by atoms with Crippen LogP contribution in [-0.2, 0) is 9.78 Å². The van der Waals surface area contributed by atoms with E-state index in [1.54, 1.807) is 7.11 Å². The van der Waals surface area contributed by atoms with Crippen molar-refractivity contribution in [1.29, 1.82) is 0 Å². The third-order valence-corrected chi connectivity index (χ3v) is 3.13. The molecule has 0 aromatic rings. The maximum absolute atomic E-state index is 5.14. The Balaban J connectivity index is 2.30. The fourth-order valence-electron chi connectivity index (χ4n) is 2.16. The third-order valence-electron chi connectivity index (χ3n) is 3.13. The van der Waals surface area contributed by atoms with E-state index in [-0.39, 0.29) is 0 Å². The van der Waals surface area contributed by atoms with E-state index < -0.39 is 0 Å². The second-order valence-corrected chi connectivity index (χ2v) is 5.10. The van der Waals surface area contributed by atoms with Gasteiger partial charge in [-0.1, -0.05) is 20.8 Å². The zero-order valence-corrected chi connectivity index (χ0v) is 9.30. The summed E-state index contributed by atoms with van der Waals surface area (Å²) in [4.78, 5) is 9.85. The van der Waals surface area contributed by atoms with Crippen LogP contribution >= 0.6 is 0 Å². The normalized spacial score (nSPS) is 30.5. The minimum atomic E-state index is 0.337. The predicted octanol–water partition coefficient (Wildman–Crippen LogP) is 3.17. The molecule has 0 unspecified atom stereocenters. The Labute approximate surface area is 81.5 Å². The van der Waals surface area contributed by atoms with Crippen molar-refractivity contribution in [2.24, 2.45) is 11.3 Å². The van der Waals surface area contributed by atoms with E-state index in [9.17, 15) is 0 Å². The molecule has 1 aliphatic carbocycles. The zero-order chi connectivity index (χ0) is 9.90. The molecule has 0 bridgehead atoms. The van der Waals surface area contributed by atoms with E-state index >= 15 is 0 Å². The van der Waals surface area contributed by atoms with Crippen LogP contribution in [0.1, 0.15) is 46.5 Å². The SMILES string of the molecule is COOC1CCC(C(C)(C)C)CC1. The lowest BCUT2D eigenvalue weighted by Gasteiger charge is -2.36. The van der Waals surface area contributed by atoms with E-state index in [2.05, 4.69) is 20.8 Å². The van der Waals surface area contributed by atoms with Crippen LogP contribution in [0.5, 0.6) is 0 Å². The van der Waals surface area contributed by atoms with Crippen LogP contribution < -0.4 is 0 Å². The van der Waals surface area contributed by atoms with Gasteiger partial charge in [-0.15, -0.1) is 0 Å². The average molecular weight is 186 g/mol. The molecule has 1 rings (SSSR count). The first kappa shape index (κ1) is 11.0. The Bertz CT molecular complexity index is 141. The van der Waals surface area contributed by atoms with Crippen LogP contribution in [0.25, 0.3) is 0 Å². The van der Waals surface area contributed by atoms with Gasteiger partial charge in [0.05, 0.1) is 13.2 Å². The van der Waals surface area contributed by atoms with Gasteiger partial charge < -0.3 is 0 Å². The highest BCUT2D eigenvalue weighted by atomic mass is 17.2. The van der Waals surface area contributed by atoms with Crippen molar-refractivity contribution in [2.75, 3.05) is 7.11 Å². The van der Waals surface area contributed by atoms with Crippen molar-refractivity contribution in [3.05, 3.63) is 0 Å². The first-order valence-electron chi connectivity index (χ1n) is 5.23. The quantitative estimate of drug-likeness (QED) is 0.487. The molecule has 0 aliphatic heterocycles. The summed E-state index contributed by atoms with van der Waals surface area (Å²) in [6.07, 6.45) is 5.18. The van der Waals surface area contributed by atoms with E-state index in [4.69, 9.17) is 9.78 Å². The summed E-state index contributed by atoms with van der Waals surface area (Å²) >= 11 is 0. The predicted molar refractivity (Wildman–Crippen MR) is 53.3 cm³/mol. The smallest absolute Gasteiger partial charge is 0.0930 e. The molecule has 0 aromatic carbocycles. The molecule has 78 valence electrons. The Hall–Kier alpha value is -0.0800. The highest BCUT2D eigenvalue weighted by Gasteiger charge is 2.30. The van der Waals surface area contributed by atoms with Gasteiger partial charge in [-0.05, 0) is 37.0 Å². The molecular formula is C11H22O2. The van der Waals surface area contributed by atoms with Crippen molar-refractivity contribution in [2.45, 2.75) is 52.6 Å². The van der Waals surface area contributed by atoms with Gasteiger partial charge in [0.25, 0.3) is 0 Å². The first-order valence-corrected chi connectivity index (χ1v) is 5.23. The molecule has 0 atom stereocenters. The molecule has 1 aliphatic rings. The lowest BCUT2D eigenvalue weighted by atomic mass is 9.72. The standard InChI is InChI=1S/C11H22O2/c1-11(2,3)9-5-7-10(8-6-9)13-12-4/h9-10H,5-8H2,1-4H3. The fourth-order valence-corrected chi connectivity index (χ4v) is 2.16. The molecule has 2 nitrogen and oxygen atoms in total. The highest BCUT2D eigenvalue weighted by Crippen LogP contribution is 2.38. The van der Waals surface area contributed by atoms with Gasteiger partial charge in [0.15, 0.2) is 0 Å². The van der Waals surface area contributed by atoms with Gasteiger partial charge >= 0.3 is 0 Å². The van der Waals surface area contributed by atoms with Gasteiger partial charge in [0.1, 0.15) is 0 Å². The van der Waals surface area contributed by atoms with Crippen LogP contribution in [0.2, 0.25) is 0 Å². The maximum Gasteiger partial charge on any atom is 0.0930 e. The Morgan fingerprint density at radius 1 is 1.00 bits per heavy atom. The summed E-state index contributed by atoms with van der Waals surface area (Å²) in [6.45, 7) is 6.99. The summed E-state index contributed by atoms with van der Waals surface area (Å²) in [5.41, 5.74) is 0.456. The Kier molecular flexibility index (Phi) is 3.74. The zero-order valence-electron chi connectivity index (χ0n) is 9.30. The van der Waals surface area contributed by atoms with Crippen LogP contribution in [0.4, 0.5) is 0 Å². The molecule has 2 heteroatoms. The highest BCUT2D eigenvalue weighted by molar-refractivity contribution is 4.80. The molecular weight excluding hydrogens is 164 g/mol. The van der Waals surface area contributed by atoms with Gasteiger partial charge in [0.2, 0.25) is 0 Å². The van der Waals surface area contributed by atoms with Crippen molar-refractivity contribution >= 4 is 0 Å². The molecule has 0 heterocycles. The van der Waals surface area contributed by atoms with E-state index in [0.29, 0.717) is 11.5 Å². The summed E-state index contributed by atoms with van der Waals surface area (Å²) < 4.78 is 0. The lowest BCUT2D eigenvalue weighted by molar-refractivity contribution is -0.311. The molecule has 13 heavy (non-hydrogen) atoms. The molecule has 1 saturated carbocycles. The number of hydrogen-bond acceptors (Lipinski definition) is 2. The summed E-state index contributed by atoms with van der Waals surface area (Å²) in [7, 11) is 1.59. The van der Waals surface area contributed by atoms with Crippen LogP contribution in [0, 0.1) is 11.3 Å². The monoisotopic (exact) mass is 186 g/mol. The van der Waals surface area contributed by atoms with Gasteiger partial charge in [-0.2, -0.15) is 0 Å². The van der Waals surface area contributed by atoms with Crippen molar-refractivity contribution in [1.82, 2.24) is 0 Å². The molecule has 0 spiro atoms. The lowest BCUT2D eigenvalue weighted by Crippen LogP contribution is -2.28. The topological polar surface area (TPSA) is 18.5 Å². The average Bonchev–Trinajstić information content (AvgIpc) is 2.04. The largest absolute Gasteiger partial charge is 0.240 e. The fraction of sp³-hybridized carbons (Fsp3) is 1.00. The molecule has 0 amide bonds. The summed E-state index contributed by atoms with van der Waals surface area (Å²) in [5, 5.41) is 0. The molecule has 0 aromatic heterocycles. The second kappa shape index (κ2) is 4.43. The van der Waals surface area contributed by atoms with E-state index in [0.717, 1.165) is 18.8 Å². The number of rotatable bonds is 2. The number of hydrogen-bond donors (Lipinski definition) is 0. The van der Waals surface area contributed by atoms with E-state index in [1.807, 2.05) is 0 Å². The first-order chi connectivity index (χ1) is 6.04. The van der Waals surface area contributed by atoms with Crippen LogP contribution in [-0.4, -0.2) is 13.2 Å².